The Morgan fingerprint density at radius 3 is 1.92 bits per heavy atom. The third kappa shape index (κ3) is 4.06. The van der Waals surface area contributed by atoms with Crippen LogP contribution in [0.1, 0.15) is 21.9 Å². The summed E-state index contributed by atoms with van der Waals surface area (Å²) in [5.74, 6) is 0. The molecular formula is C22H20O2S. The quantitative estimate of drug-likeness (QED) is 0.633. The molecule has 3 aromatic carbocycles. The van der Waals surface area contributed by atoms with Gasteiger partial charge in [-0.3, -0.25) is 0 Å². The second kappa shape index (κ2) is 7.49. The number of hydrogen-bond acceptors (Lipinski definition) is 2. The van der Waals surface area contributed by atoms with Crippen LogP contribution in [0.25, 0.3) is 6.08 Å². The molecular weight excluding hydrogens is 328 g/mol. The van der Waals surface area contributed by atoms with Gasteiger partial charge in [-0.25, -0.2) is 8.42 Å². The highest BCUT2D eigenvalue weighted by Gasteiger charge is 2.26. The molecule has 0 spiro atoms. The molecule has 0 N–H and O–H groups in total. The third-order valence-corrected chi connectivity index (χ3v) is 6.10. The summed E-state index contributed by atoms with van der Waals surface area (Å²) < 4.78 is 26.4. The van der Waals surface area contributed by atoms with Crippen molar-refractivity contribution in [1.29, 1.82) is 0 Å². The molecule has 0 radical (unpaired) electrons. The molecule has 0 heterocycles. The minimum atomic E-state index is -3.53. The first-order valence-electron chi connectivity index (χ1n) is 8.16. The van der Waals surface area contributed by atoms with Crippen molar-refractivity contribution < 1.29 is 8.42 Å². The van der Waals surface area contributed by atoms with Crippen LogP contribution < -0.4 is 0 Å². The largest absolute Gasteiger partial charge is 0.223 e. The van der Waals surface area contributed by atoms with Crippen LogP contribution in [-0.2, 0) is 9.84 Å². The normalized spacial score (nSPS) is 13.0. The molecule has 0 aromatic heterocycles. The maximum absolute atomic E-state index is 13.2. The van der Waals surface area contributed by atoms with Gasteiger partial charge in [0.15, 0.2) is 9.84 Å². The van der Waals surface area contributed by atoms with E-state index in [1.165, 1.54) is 0 Å². The van der Waals surface area contributed by atoms with Crippen LogP contribution in [-0.4, -0.2) is 8.42 Å². The van der Waals surface area contributed by atoms with Gasteiger partial charge in [0.25, 0.3) is 0 Å². The SMILES string of the molecule is Cc1ccc(S(=O)(=O)[C@@H](C=Cc2ccccc2)c2ccccc2)cc1. The predicted molar refractivity (Wildman–Crippen MR) is 103 cm³/mol. The molecule has 0 saturated carbocycles. The summed E-state index contributed by atoms with van der Waals surface area (Å²) in [6, 6.07) is 26.1. The van der Waals surface area contributed by atoms with Gasteiger partial charge in [0.2, 0.25) is 0 Å². The Morgan fingerprint density at radius 1 is 0.760 bits per heavy atom. The highest BCUT2D eigenvalue weighted by Crippen LogP contribution is 2.31. The zero-order valence-corrected chi connectivity index (χ0v) is 14.9. The third-order valence-electron chi connectivity index (χ3n) is 4.07. The Labute approximate surface area is 149 Å². The molecule has 1 atom stereocenters. The Bertz CT molecular complexity index is 942. The summed E-state index contributed by atoms with van der Waals surface area (Å²) in [5.41, 5.74) is 2.77. The summed E-state index contributed by atoms with van der Waals surface area (Å²) in [7, 11) is -3.53. The average Bonchev–Trinajstić information content (AvgIpc) is 2.64. The van der Waals surface area contributed by atoms with E-state index in [4.69, 9.17) is 0 Å². The van der Waals surface area contributed by atoms with E-state index in [9.17, 15) is 8.42 Å². The summed E-state index contributed by atoms with van der Waals surface area (Å²) >= 11 is 0. The maximum Gasteiger partial charge on any atom is 0.188 e. The summed E-state index contributed by atoms with van der Waals surface area (Å²) in [4.78, 5) is 0.338. The molecule has 3 aromatic rings. The second-order valence-corrected chi connectivity index (χ2v) is 8.03. The fraction of sp³-hybridized carbons (Fsp3) is 0.0909. The molecule has 0 saturated heterocycles. The van der Waals surface area contributed by atoms with E-state index >= 15 is 0 Å². The van der Waals surface area contributed by atoms with Crippen molar-refractivity contribution >= 4 is 15.9 Å². The van der Waals surface area contributed by atoms with Crippen LogP contribution >= 0.6 is 0 Å². The van der Waals surface area contributed by atoms with Crippen LogP contribution in [0.4, 0.5) is 0 Å². The predicted octanol–water partition coefficient (Wildman–Crippen LogP) is 5.22. The first-order chi connectivity index (χ1) is 12.1. The lowest BCUT2D eigenvalue weighted by molar-refractivity contribution is 0.590. The van der Waals surface area contributed by atoms with Gasteiger partial charge in [-0.15, -0.1) is 0 Å². The lowest BCUT2D eigenvalue weighted by Gasteiger charge is -2.15. The molecule has 3 heteroatoms. The van der Waals surface area contributed by atoms with E-state index in [0.717, 1.165) is 16.7 Å². The van der Waals surface area contributed by atoms with Gasteiger partial charge in [0, 0.05) is 0 Å². The van der Waals surface area contributed by atoms with Gasteiger partial charge >= 0.3 is 0 Å². The fourth-order valence-electron chi connectivity index (χ4n) is 2.67. The lowest BCUT2D eigenvalue weighted by atomic mass is 10.1. The minimum Gasteiger partial charge on any atom is -0.223 e. The highest BCUT2D eigenvalue weighted by atomic mass is 32.2. The molecule has 0 amide bonds. The second-order valence-electron chi connectivity index (χ2n) is 5.96. The molecule has 3 rings (SSSR count). The van der Waals surface area contributed by atoms with Gasteiger partial charge < -0.3 is 0 Å². The van der Waals surface area contributed by atoms with E-state index in [0.29, 0.717) is 4.90 Å². The van der Waals surface area contributed by atoms with Crippen molar-refractivity contribution in [2.75, 3.05) is 0 Å². The lowest BCUT2D eigenvalue weighted by Crippen LogP contribution is -2.12. The van der Waals surface area contributed by atoms with Crippen molar-refractivity contribution in [2.24, 2.45) is 0 Å². The molecule has 0 fully saturated rings. The van der Waals surface area contributed by atoms with Gasteiger partial charge in [-0.05, 0) is 30.2 Å². The summed E-state index contributed by atoms with van der Waals surface area (Å²) in [5, 5.41) is -0.725. The van der Waals surface area contributed by atoms with Crippen LogP contribution in [0, 0.1) is 6.92 Å². The van der Waals surface area contributed by atoms with Crippen molar-refractivity contribution in [1.82, 2.24) is 0 Å². The smallest absolute Gasteiger partial charge is 0.188 e. The molecule has 0 aliphatic heterocycles. The standard InChI is InChI=1S/C22H20O2S/c1-18-12-15-21(16-13-18)25(23,24)22(20-10-6-3-7-11-20)17-14-19-8-4-2-5-9-19/h2-17,22H,1H3/t22-/m0/s1. The number of benzene rings is 3. The summed E-state index contributed by atoms with van der Waals surface area (Å²) in [6.45, 7) is 1.94. The Kier molecular flexibility index (Phi) is 5.15. The van der Waals surface area contributed by atoms with Crippen molar-refractivity contribution in [3.63, 3.8) is 0 Å². The molecule has 0 aliphatic carbocycles. The molecule has 0 bridgehead atoms. The number of sulfone groups is 1. The van der Waals surface area contributed by atoms with Gasteiger partial charge in [0.1, 0.15) is 5.25 Å². The number of rotatable bonds is 5. The Hall–Kier alpha value is -2.65. The van der Waals surface area contributed by atoms with Crippen LogP contribution in [0.15, 0.2) is 95.9 Å². The topological polar surface area (TPSA) is 34.1 Å². The van der Waals surface area contributed by atoms with Crippen LogP contribution in [0.5, 0.6) is 0 Å². The number of aryl methyl sites for hydroxylation is 1. The monoisotopic (exact) mass is 348 g/mol. The number of hydrogen-bond donors (Lipinski definition) is 0. The van der Waals surface area contributed by atoms with Gasteiger partial charge in [0.05, 0.1) is 4.90 Å². The molecule has 2 nitrogen and oxygen atoms in total. The fourth-order valence-corrected chi connectivity index (χ4v) is 4.28. The van der Waals surface area contributed by atoms with Gasteiger partial charge in [-0.2, -0.15) is 0 Å². The Morgan fingerprint density at radius 2 is 1.32 bits per heavy atom. The van der Waals surface area contributed by atoms with Gasteiger partial charge in [-0.1, -0.05) is 90.5 Å². The first-order valence-corrected chi connectivity index (χ1v) is 9.71. The Balaban J connectivity index is 2.05. The molecule has 25 heavy (non-hydrogen) atoms. The summed E-state index contributed by atoms with van der Waals surface area (Å²) in [6.07, 6.45) is 3.63. The van der Waals surface area contributed by atoms with Crippen molar-refractivity contribution in [2.45, 2.75) is 17.1 Å². The van der Waals surface area contributed by atoms with Crippen molar-refractivity contribution in [3.8, 4) is 0 Å². The molecule has 126 valence electrons. The highest BCUT2D eigenvalue weighted by molar-refractivity contribution is 7.91. The maximum atomic E-state index is 13.2. The average molecular weight is 348 g/mol. The zero-order valence-electron chi connectivity index (χ0n) is 14.0. The van der Waals surface area contributed by atoms with E-state index < -0.39 is 15.1 Å². The van der Waals surface area contributed by atoms with E-state index in [1.54, 1.807) is 18.2 Å². The van der Waals surface area contributed by atoms with Crippen LogP contribution in [0.3, 0.4) is 0 Å². The van der Waals surface area contributed by atoms with E-state index in [2.05, 4.69) is 0 Å². The van der Waals surface area contributed by atoms with Crippen LogP contribution in [0.2, 0.25) is 0 Å². The van der Waals surface area contributed by atoms with E-state index in [1.807, 2.05) is 85.8 Å². The molecule has 0 aliphatic rings. The first kappa shape index (κ1) is 17.2. The zero-order chi connectivity index (χ0) is 17.7. The molecule has 0 unspecified atom stereocenters. The minimum absolute atomic E-state index is 0.338. The van der Waals surface area contributed by atoms with Crippen molar-refractivity contribution in [3.05, 3.63) is 108 Å². The van der Waals surface area contributed by atoms with E-state index in [-0.39, 0.29) is 0 Å².